The molecule has 0 aliphatic carbocycles. The van der Waals surface area contributed by atoms with Gasteiger partial charge in [0, 0.05) is 24.6 Å². The van der Waals surface area contributed by atoms with Crippen molar-refractivity contribution >= 4 is 0 Å². The van der Waals surface area contributed by atoms with Gasteiger partial charge in [-0.05, 0) is 42.6 Å². The summed E-state index contributed by atoms with van der Waals surface area (Å²) in [6.07, 6.45) is 1.64. The van der Waals surface area contributed by atoms with Gasteiger partial charge in [0.15, 0.2) is 11.5 Å². The van der Waals surface area contributed by atoms with Gasteiger partial charge in [-0.1, -0.05) is 37.3 Å². The van der Waals surface area contributed by atoms with E-state index in [1.807, 2.05) is 13.0 Å². The van der Waals surface area contributed by atoms with Crippen LogP contribution in [0.2, 0.25) is 0 Å². The predicted molar refractivity (Wildman–Crippen MR) is 88.6 cm³/mol. The first-order valence-electron chi connectivity index (χ1n) is 7.91. The Morgan fingerprint density at radius 2 is 1.91 bits per heavy atom. The molecular weight excluding hydrogens is 274 g/mol. The number of nitrogens with zero attached hydrogens (tertiary/aromatic N) is 1. The molecule has 0 aromatic heterocycles. The van der Waals surface area contributed by atoms with E-state index in [9.17, 15) is 10.2 Å². The summed E-state index contributed by atoms with van der Waals surface area (Å²) in [5, 5.41) is 20.4. The van der Waals surface area contributed by atoms with Crippen molar-refractivity contribution in [1.29, 1.82) is 0 Å². The SMILES string of the molecule is CCc1c(O)c(O)cc2c1CCN(C)CC2c1ccccc1. The summed E-state index contributed by atoms with van der Waals surface area (Å²) >= 11 is 0. The molecule has 0 fully saturated rings. The van der Waals surface area contributed by atoms with Gasteiger partial charge < -0.3 is 15.1 Å². The molecule has 0 radical (unpaired) electrons. The number of likely N-dealkylation sites (N-methyl/N-ethyl adjacent to an activating group) is 1. The van der Waals surface area contributed by atoms with Crippen molar-refractivity contribution in [2.45, 2.75) is 25.7 Å². The molecule has 2 N–H and O–H groups in total. The maximum atomic E-state index is 10.2. The predicted octanol–water partition coefficient (Wildman–Crippen LogP) is 3.28. The number of phenolic OH excluding ortho intramolecular Hbond substituents is 2. The molecule has 1 atom stereocenters. The second kappa shape index (κ2) is 6.01. The van der Waals surface area contributed by atoms with Crippen LogP contribution >= 0.6 is 0 Å². The van der Waals surface area contributed by atoms with Crippen molar-refractivity contribution in [3.63, 3.8) is 0 Å². The largest absolute Gasteiger partial charge is 0.504 e. The molecule has 22 heavy (non-hydrogen) atoms. The Kier molecular flexibility index (Phi) is 4.08. The standard InChI is InChI=1S/C19H23NO2/c1-3-14-15-9-10-20(2)12-17(13-7-5-4-6-8-13)16(15)11-18(21)19(14)22/h4-8,11,17,21-22H,3,9-10,12H2,1-2H3. The number of aromatic hydroxyl groups is 2. The van der Waals surface area contributed by atoms with Gasteiger partial charge in [-0.2, -0.15) is 0 Å². The Labute approximate surface area is 131 Å². The molecule has 1 aliphatic rings. The minimum atomic E-state index is 0.00100. The molecule has 0 bridgehead atoms. The second-order valence-corrected chi connectivity index (χ2v) is 6.12. The van der Waals surface area contributed by atoms with Crippen LogP contribution in [0.3, 0.4) is 0 Å². The van der Waals surface area contributed by atoms with E-state index in [4.69, 9.17) is 0 Å². The van der Waals surface area contributed by atoms with Crippen LogP contribution in [0.25, 0.3) is 0 Å². The van der Waals surface area contributed by atoms with Gasteiger partial charge in [0.1, 0.15) is 0 Å². The van der Waals surface area contributed by atoms with Crippen LogP contribution in [0.5, 0.6) is 11.5 Å². The van der Waals surface area contributed by atoms with Crippen molar-refractivity contribution < 1.29 is 10.2 Å². The molecule has 3 rings (SSSR count). The summed E-state index contributed by atoms with van der Waals surface area (Å²) in [6.45, 7) is 3.92. The maximum absolute atomic E-state index is 10.2. The quantitative estimate of drug-likeness (QED) is 0.836. The Balaban J connectivity index is 2.20. The molecule has 0 saturated heterocycles. The molecule has 1 unspecified atom stereocenters. The van der Waals surface area contributed by atoms with Crippen LogP contribution in [0.4, 0.5) is 0 Å². The highest BCUT2D eigenvalue weighted by atomic mass is 16.3. The fraction of sp³-hybridized carbons (Fsp3) is 0.368. The molecule has 0 spiro atoms. The molecule has 0 amide bonds. The first kappa shape index (κ1) is 14.9. The van der Waals surface area contributed by atoms with Gasteiger partial charge in [-0.15, -0.1) is 0 Å². The Hall–Kier alpha value is -2.00. The van der Waals surface area contributed by atoms with Gasteiger partial charge in [0.05, 0.1) is 0 Å². The van der Waals surface area contributed by atoms with E-state index < -0.39 is 0 Å². The van der Waals surface area contributed by atoms with Crippen molar-refractivity contribution in [1.82, 2.24) is 4.90 Å². The average Bonchev–Trinajstić information content (AvgIpc) is 2.69. The van der Waals surface area contributed by atoms with Crippen LogP contribution in [0.15, 0.2) is 36.4 Å². The average molecular weight is 297 g/mol. The van der Waals surface area contributed by atoms with Crippen molar-refractivity contribution in [2.75, 3.05) is 20.1 Å². The van der Waals surface area contributed by atoms with Crippen molar-refractivity contribution in [2.24, 2.45) is 0 Å². The zero-order valence-corrected chi connectivity index (χ0v) is 13.2. The molecule has 2 aromatic rings. The third kappa shape index (κ3) is 2.57. The van der Waals surface area contributed by atoms with E-state index >= 15 is 0 Å². The summed E-state index contributed by atoms with van der Waals surface area (Å²) in [6, 6.07) is 12.2. The van der Waals surface area contributed by atoms with E-state index in [0.717, 1.165) is 37.1 Å². The molecule has 3 heteroatoms. The lowest BCUT2D eigenvalue weighted by molar-refractivity contribution is 0.338. The molecule has 0 saturated carbocycles. The minimum absolute atomic E-state index is 0.00100. The number of hydrogen-bond acceptors (Lipinski definition) is 3. The number of fused-ring (bicyclic) bond motifs is 1. The van der Waals surface area contributed by atoms with Crippen molar-refractivity contribution in [3.8, 4) is 11.5 Å². The number of rotatable bonds is 2. The zero-order valence-electron chi connectivity index (χ0n) is 13.2. The van der Waals surface area contributed by atoms with E-state index in [-0.39, 0.29) is 17.4 Å². The Bertz CT molecular complexity index is 667. The van der Waals surface area contributed by atoms with Crippen LogP contribution in [0.1, 0.15) is 35.1 Å². The summed E-state index contributed by atoms with van der Waals surface area (Å²) < 4.78 is 0. The van der Waals surface area contributed by atoms with E-state index in [1.54, 1.807) is 6.07 Å². The van der Waals surface area contributed by atoms with Gasteiger partial charge in [-0.3, -0.25) is 0 Å². The molecule has 116 valence electrons. The van der Waals surface area contributed by atoms with Crippen LogP contribution < -0.4 is 0 Å². The monoisotopic (exact) mass is 297 g/mol. The fourth-order valence-electron chi connectivity index (χ4n) is 3.54. The first-order valence-corrected chi connectivity index (χ1v) is 7.91. The summed E-state index contributed by atoms with van der Waals surface area (Å²) in [7, 11) is 2.13. The Morgan fingerprint density at radius 3 is 2.59 bits per heavy atom. The molecule has 2 aromatic carbocycles. The molecule has 1 heterocycles. The minimum Gasteiger partial charge on any atom is -0.504 e. The molecule has 3 nitrogen and oxygen atoms in total. The van der Waals surface area contributed by atoms with Gasteiger partial charge in [-0.25, -0.2) is 0 Å². The van der Waals surface area contributed by atoms with E-state index in [2.05, 4.69) is 36.2 Å². The highest BCUT2D eigenvalue weighted by Gasteiger charge is 2.27. The third-order valence-electron chi connectivity index (χ3n) is 4.70. The number of phenols is 2. The van der Waals surface area contributed by atoms with Crippen LogP contribution in [-0.4, -0.2) is 35.3 Å². The highest BCUT2D eigenvalue weighted by molar-refractivity contribution is 5.56. The summed E-state index contributed by atoms with van der Waals surface area (Å²) in [5.41, 5.74) is 4.51. The third-order valence-corrected chi connectivity index (χ3v) is 4.70. The summed E-state index contributed by atoms with van der Waals surface area (Å²) in [4.78, 5) is 2.32. The van der Waals surface area contributed by atoms with Gasteiger partial charge >= 0.3 is 0 Å². The number of benzene rings is 2. The molecular formula is C19H23NO2. The van der Waals surface area contributed by atoms with Crippen molar-refractivity contribution in [3.05, 3.63) is 58.7 Å². The Morgan fingerprint density at radius 1 is 1.18 bits per heavy atom. The van der Waals surface area contributed by atoms with Crippen LogP contribution in [0, 0.1) is 0 Å². The lowest BCUT2D eigenvalue weighted by atomic mass is 9.85. The molecule has 1 aliphatic heterocycles. The topological polar surface area (TPSA) is 43.7 Å². The number of hydrogen-bond donors (Lipinski definition) is 2. The smallest absolute Gasteiger partial charge is 0.160 e. The normalized spacial score (nSPS) is 18.7. The lowest BCUT2D eigenvalue weighted by Crippen LogP contribution is -2.24. The summed E-state index contributed by atoms with van der Waals surface area (Å²) in [5.74, 6) is 0.277. The van der Waals surface area contributed by atoms with Crippen LogP contribution in [-0.2, 0) is 12.8 Å². The first-order chi connectivity index (χ1) is 10.6. The highest BCUT2D eigenvalue weighted by Crippen LogP contribution is 2.41. The maximum Gasteiger partial charge on any atom is 0.160 e. The van der Waals surface area contributed by atoms with E-state index in [0.29, 0.717) is 0 Å². The van der Waals surface area contributed by atoms with E-state index in [1.165, 1.54) is 11.1 Å². The second-order valence-electron chi connectivity index (χ2n) is 6.12. The van der Waals surface area contributed by atoms with Gasteiger partial charge in [0.2, 0.25) is 0 Å². The fourth-order valence-corrected chi connectivity index (χ4v) is 3.54. The zero-order chi connectivity index (χ0) is 15.7. The van der Waals surface area contributed by atoms with Gasteiger partial charge in [0.25, 0.3) is 0 Å². The lowest BCUT2D eigenvalue weighted by Gasteiger charge is -2.23.